The first-order chi connectivity index (χ1) is 16.0. The van der Waals surface area contributed by atoms with Crippen LogP contribution in [-0.4, -0.2) is 79.3 Å². The Balaban J connectivity index is 1.37. The molecule has 2 fully saturated rings. The number of nitrogens with one attached hydrogen (secondary N) is 1. The molecule has 1 N–H and O–H groups in total. The van der Waals surface area contributed by atoms with Crippen LogP contribution in [0.15, 0.2) is 24.3 Å². The molecule has 4 rings (SSSR count). The Morgan fingerprint density at radius 3 is 2.68 bits per heavy atom. The Kier molecular flexibility index (Phi) is 6.41. The number of urea groups is 1. The minimum Gasteiger partial charge on any atom is -0.454 e. The first kappa shape index (κ1) is 24.2. The summed E-state index contributed by atoms with van der Waals surface area (Å²) >= 11 is 0. The molecule has 0 radical (unpaired) electrons. The summed E-state index contributed by atoms with van der Waals surface area (Å²) in [4.78, 5) is 53.2. The fourth-order valence-corrected chi connectivity index (χ4v) is 6.73. The summed E-state index contributed by atoms with van der Waals surface area (Å²) in [6, 6.07) is 6.24. The maximum absolute atomic E-state index is 13.1. The average Bonchev–Trinajstić information content (AvgIpc) is 3.40. The summed E-state index contributed by atoms with van der Waals surface area (Å²) in [7, 11) is -3.19. The number of nitrogens with zero attached hydrogens (tertiary/aromatic N) is 2. The number of benzene rings is 1. The molecule has 2 heterocycles. The summed E-state index contributed by atoms with van der Waals surface area (Å²) < 4.78 is 28.8. The smallest absolute Gasteiger partial charge is 0.326 e. The van der Waals surface area contributed by atoms with Crippen molar-refractivity contribution in [3.8, 4) is 0 Å². The third-order valence-corrected chi connectivity index (χ3v) is 8.35. The van der Waals surface area contributed by atoms with E-state index in [2.05, 4.69) is 5.32 Å². The highest BCUT2D eigenvalue weighted by Gasteiger charge is 2.55. The summed E-state index contributed by atoms with van der Waals surface area (Å²) in [5, 5.41) is 2.74. The van der Waals surface area contributed by atoms with E-state index in [9.17, 15) is 27.6 Å². The number of imide groups is 1. The number of carbonyl (C=O) groups excluding carboxylic acids is 4. The van der Waals surface area contributed by atoms with Crippen molar-refractivity contribution in [2.45, 2.75) is 44.7 Å². The Morgan fingerprint density at radius 2 is 2.00 bits per heavy atom. The highest BCUT2D eigenvalue weighted by atomic mass is 32.2. The van der Waals surface area contributed by atoms with Crippen LogP contribution >= 0.6 is 0 Å². The van der Waals surface area contributed by atoms with Crippen molar-refractivity contribution in [3.63, 3.8) is 0 Å². The van der Waals surface area contributed by atoms with Gasteiger partial charge in [0.1, 0.15) is 12.1 Å². The number of amides is 4. The van der Waals surface area contributed by atoms with Gasteiger partial charge in [-0.25, -0.2) is 13.2 Å². The zero-order valence-electron chi connectivity index (χ0n) is 19.3. The first-order valence-electron chi connectivity index (χ1n) is 11.4. The van der Waals surface area contributed by atoms with E-state index < -0.39 is 58.4 Å². The number of carbonyl (C=O) groups is 4. The van der Waals surface area contributed by atoms with Crippen LogP contribution in [0.4, 0.5) is 4.79 Å². The number of fused-ring (bicyclic) bond motifs is 2. The van der Waals surface area contributed by atoms with Crippen LogP contribution in [-0.2, 0) is 40.9 Å². The van der Waals surface area contributed by atoms with E-state index in [0.29, 0.717) is 25.8 Å². The second-order valence-electron chi connectivity index (χ2n) is 9.54. The van der Waals surface area contributed by atoms with E-state index >= 15 is 0 Å². The number of esters is 1. The van der Waals surface area contributed by atoms with Gasteiger partial charge in [-0.3, -0.25) is 19.3 Å². The van der Waals surface area contributed by atoms with Gasteiger partial charge in [-0.15, -0.1) is 0 Å². The van der Waals surface area contributed by atoms with Crippen LogP contribution in [0.1, 0.15) is 37.8 Å². The number of hydrogen-bond donors (Lipinski definition) is 1. The van der Waals surface area contributed by atoms with Crippen molar-refractivity contribution in [2.75, 3.05) is 31.2 Å². The second kappa shape index (κ2) is 9.01. The molecule has 2 saturated heterocycles. The van der Waals surface area contributed by atoms with Crippen LogP contribution < -0.4 is 5.32 Å². The fourth-order valence-electron chi connectivity index (χ4n) is 5.00. The lowest BCUT2D eigenvalue weighted by molar-refractivity contribution is -0.154. The quantitative estimate of drug-likeness (QED) is 0.436. The molecule has 0 bridgehead atoms. The maximum Gasteiger partial charge on any atom is 0.326 e. The number of hydrogen-bond acceptors (Lipinski definition) is 7. The Bertz CT molecular complexity index is 1130. The minimum absolute atomic E-state index is 0.0242. The summed E-state index contributed by atoms with van der Waals surface area (Å²) in [5.74, 6) is -1.88. The molecule has 10 nitrogen and oxygen atoms in total. The monoisotopic (exact) mass is 491 g/mol. The summed E-state index contributed by atoms with van der Waals surface area (Å²) in [5.41, 5.74) is 0.534. The van der Waals surface area contributed by atoms with E-state index in [1.165, 1.54) is 4.90 Å². The largest absolute Gasteiger partial charge is 0.454 e. The molecule has 4 amide bonds. The Labute approximate surface area is 198 Å². The van der Waals surface area contributed by atoms with Crippen LogP contribution in [0.5, 0.6) is 0 Å². The van der Waals surface area contributed by atoms with Gasteiger partial charge in [-0.2, -0.15) is 0 Å². The van der Waals surface area contributed by atoms with Crippen LogP contribution in [0.25, 0.3) is 0 Å². The summed E-state index contributed by atoms with van der Waals surface area (Å²) in [6.45, 7) is 2.96. The zero-order chi connectivity index (χ0) is 24.7. The van der Waals surface area contributed by atoms with E-state index in [0.717, 1.165) is 16.0 Å². The SMILES string of the molecule is CC(C)CN(C(=O)COC(=O)CN1C(=O)NC2(CCc3ccccc32)C1=O)C1CCS(=O)(=O)C1. The molecule has 3 aliphatic rings. The standard InChI is InChI=1S/C23H29N3O7S/c1-15(2)11-25(17-8-10-34(31,32)14-17)19(27)13-33-20(28)12-26-21(29)23(24-22(26)30)9-7-16-5-3-4-6-18(16)23/h3-6,15,17H,7-14H2,1-2H3,(H,24,30). The van der Waals surface area contributed by atoms with Crippen molar-refractivity contribution in [3.05, 3.63) is 35.4 Å². The van der Waals surface area contributed by atoms with Gasteiger partial charge in [-0.05, 0) is 36.3 Å². The highest BCUT2D eigenvalue weighted by Crippen LogP contribution is 2.41. The number of aryl methyl sites for hydroxylation is 1. The Hall–Kier alpha value is -2.95. The van der Waals surface area contributed by atoms with Crippen molar-refractivity contribution in [1.29, 1.82) is 0 Å². The topological polar surface area (TPSA) is 130 Å². The molecular weight excluding hydrogens is 462 g/mol. The average molecular weight is 492 g/mol. The van der Waals surface area contributed by atoms with E-state index in [-0.39, 0.29) is 17.4 Å². The predicted molar refractivity (Wildman–Crippen MR) is 121 cm³/mol. The normalized spacial score (nSPS) is 25.0. The number of rotatable bonds is 7. The molecule has 2 unspecified atom stereocenters. The molecule has 1 spiro atoms. The molecule has 184 valence electrons. The highest BCUT2D eigenvalue weighted by molar-refractivity contribution is 7.91. The lowest BCUT2D eigenvalue weighted by Gasteiger charge is -2.29. The molecular formula is C23H29N3O7S. The van der Waals surface area contributed by atoms with Crippen LogP contribution in [0.3, 0.4) is 0 Å². The minimum atomic E-state index is -3.19. The van der Waals surface area contributed by atoms with Gasteiger partial charge in [0, 0.05) is 12.6 Å². The van der Waals surface area contributed by atoms with Crippen molar-refractivity contribution < 1.29 is 32.3 Å². The molecule has 2 atom stereocenters. The molecule has 2 aliphatic heterocycles. The molecule has 0 saturated carbocycles. The first-order valence-corrected chi connectivity index (χ1v) is 13.2. The molecule has 11 heteroatoms. The van der Waals surface area contributed by atoms with Gasteiger partial charge in [0.05, 0.1) is 11.5 Å². The lowest BCUT2D eigenvalue weighted by atomic mass is 9.92. The van der Waals surface area contributed by atoms with Crippen molar-refractivity contribution >= 4 is 33.7 Å². The zero-order valence-corrected chi connectivity index (χ0v) is 20.1. The van der Waals surface area contributed by atoms with Crippen molar-refractivity contribution in [1.82, 2.24) is 15.1 Å². The lowest BCUT2D eigenvalue weighted by Crippen LogP contribution is -2.46. The van der Waals surface area contributed by atoms with Gasteiger partial charge < -0.3 is 15.0 Å². The number of ether oxygens (including phenoxy) is 1. The molecule has 1 aromatic rings. The fraction of sp³-hybridized carbons (Fsp3) is 0.565. The van der Waals surface area contributed by atoms with E-state index in [1.54, 1.807) is 12.1 Å². The number of sulfone groups is 1. The van der Waals surface area contributed by atoms with E-state index in [4.69, 9.17) is 4.74 Å². The Morgan fingerprint density at radius 1 is 1.26 bits per heavy atom. The predicted octanol–water partition coefficient (Wildman–Crippen LogP) is 0.595. The van der Waals surface area contributed by atoms with Gasteiger partial charge >= 0.3 is 12.0 Å². The van der Waals surface area contributed by atoms with Crippen molar-refractivity contribution in [2.24, 2.45) is 5.92 Å². The third kappa shape index (κ3) is 4.53. The maximum atomic E-state index is 13.1. The third-order valence-electron chi connectivity index (χ3n) is 6.60. The molecule has 1 aromatic carbocycles. The van der Waals surface area contributed by atoms with Crippen LogP contribution in [0, 0.1) is 5.92 Å². The van der Waals surface area contributed by atoms with Gasteiger partial charge in [0.15, 0.2) is 16.4 Å². The van der Waals surface area contributed by atoms with Gasteiger partial charge in [0.25, 0.3) is 11.8 Å². The summed E-state index contributed by atoms with van der Waals surface area (Å²) in [6.07, 6.45) is 1.40. The van der Waals surface area contributed by atoms with Gasteiger partial charge in [0.2, 0.25) is 0 Å². The van der Waals surface area contributed by atoms with Gasteiger partial charge in [-0.1, -0.05) is 38.1 Å². The molecule has 34 heavy (non-hydrogen) atoms. The second-order valence-corrected chi connectivity index (χ2v) is 11.8. The molecule has 1 aliphatic carbocycles. The van der Waals surface area contributed by atoms with Crippen LogP contribution in [0.2, 0.25) is 0 Å². The van der Waals surface area contributed by atoms with E-state index in [1.807, 2.05) is 26.0 Å². The molecule has 0 aromatic heterocycles.